The molecule has 1 atom stereocenters. The van der Waals surface area contributed by atoms with Gasteiger partial charge < -0.3 is 10.0 Å². The van der Waals surface area contributed by atoms with Crippen LogP contribution >= 0.6 is 11.6 Å². The van der Waals surface area contributed by atoms with Gasteiger partial charge in [-0.25, -0.2) is 0 Å². The normalized spacial score (nSPS) is 21.2. The van der Waals surface area contributed by atoms with Crippen molar-refractivity contribution < 1.29 is 5.11 Å². The van der Waals surface area contributed by atoms with E-state index in [4.69, 9.17) is 11.6 Å². The van der Waals surface area contributed by atoms with Crippen molar-refractivity contribution in [3.8, 4) is 0 Å². The summed E-state index contributed by atoms with van der Waals surface area (Å²) in [4.78, 5) is 2.34. The highest BCUT2D eigenvalue weighted by molar-refractivity contribution is 6.30. The summed E-state index contributed by atoms with van der Waals surface area (Å²) in [5.41, 5.74) is 2.07. The van der Waals surface area contributed by atoms with E-state index in [2.05, 4.69) is 11.8 Å². The minimum atomic E-state index is 0.0807. The van der Waals surface area contributed by atoms with E-state index in [1.807, 2.05) is 18.2 Å². The van der Waals surface area contributed by atoms with Crippen LogP contribution in [0.2, 0.25) is 5.02 Å². The first-order chi connectivity index (χ1) is 7.70. The number of nitrogens with zero attached hydrogens (tertiary/aromatic N) is 1. The zero-order valence-electron chi connectivity index (χ0n) is 9.62. The molecule has 0 saturated carbocycles. The smallest absolute Gasteiger partial charge is 0.0702 e. The van der Waals surface area contributed by atoms with Gasteiger partial charge in [-0.05, 0) is 30.9 Å². The maximum Gasteiger partial charge on any atom is 0.0702 e. The summed E-state index contributed by atoms with van der Waals surface area (Å²) in [5, 5.41) is 10.1. The van der Waals surface area contributed by atoms with Crippen LogP contribution in [0.1, 0.15) is 25.3 Å². The second-order valence-electron chi connectivity index (χ2n) is 4.62. The molecule has 1 N–H and O–H groups in total. The van der Waals surface area contributed by atoms with Gasteiger partial charge in [0.1, 0.15) is 0 Å². The van der Waals surface area contributed by atoms with Crippen LogP contribution in [0.15, 0.2) is 18.2 Å². The van der Waals surface area contributed by atoms with E-state index < -0.39 is 0 Å². The molecule has 1 unspecified atom stereocenters. The first-order valence-corrected chi connectivity index (χ1v) is 6.22. The monoisotopic (exact) mass is 239 g/mol. The van der Waals surface area contributed by atoms with Gasteiger partial charge in [0, 0.05) is 29.4 Å². The number of hydrogen-bond acceptors (Lipinski definition) is 2. The number of anilines is 1. The minimum Gasteiger partial charge on any atom is -0.392 e. The fraction of sp³-hybridized carbons (Fsp3) is 0.538. The summed E-state index contributed by atoms with van der Waals surface area (Å²) in [5.74, 6) is 0.722. The number of aliphatic hydroxyl groups excluding tert-OH is 1. The Hall–Kier alpha value is -0.730. The average molecular weight is 240 g/mol. The fourth-order valence-electron chi connectivity index (χ4n) is 2.37. The Morgan fingerprint density at radius 3 is 3.00 bits per heavy atom. The third kappa shape index (κ3) is 2.50. The summed E-state index contributed by atoms with van der Waals surface area (Å²) in [6.07, 6.45) is 2.52. The van der Waals surface area contributed by atoms with Crippen LogP contribution in [-0.2, 0) is 6.61 Å². The van der Waals surface area contributed by atoms with Crippen molar-refractivity contribution in [2.75, 3.05) is 18.0 Å². The van der Waals surface area contributed by atoms with Crippen LogP contribution in [0.25, 0.3) is 0 Å². The molecule has 1 saturated heterocycles. The molecule has 1 aromatic rings. The Morgan fingerprint density at radius 1 is 1.50 bits per heavy atom. The number of hydrogen-bond donors (Lipinski definition) is 1. The van der Waals surface area contributed by atoms with Crippen molar-refractivity contribution in [1.82, 2.24) is 0 Å². The molecule has 0 aromatic heterocycles. The van der Waals surface area contributed by atoms with Gasteiger partial charge in [-0.15, -0.1) is 0 Å². The zero-order valence-corrected chi connectivity index (χ0v) is 10.4. The van der Waals surface area contributed by atoms with Crippen molar-refractivity contribution in [2.45, 2.75) is 26.4 Å². The lowest BCUT2D eigenvalue weighted by atomic mass is 9.99. The summed E-state index contributed by atoms with van der Waals surface area (Å²) >= 11 is 6.02. The number of benzene rings is 1. The molecule has 1 aromatic carbocycles. The molecular formula is C13H18ClNO. The molecule has 2 nitrogen and oxygen atoms in total. The molecule has 0 aliphatic carbocycles. The Balaban J connectivity index is 2.26. The molecule has 88 valence electrons. The number of piperidine rings is 1. The quantitative estimate of drug-likeness (QED) is 0.858. The van der Waals surface area contributed by atoms with E-state index in [0.717, 1.165) is 35.3 Å². The maximum atomic E-state index is 9.34. The summed E-state index contributed by atoms with van der Waals surface area (Å²) < 4.78 is 0. The molecule has 2 rings (SSSR count). The molecular weight excluding hydrogens is 222 g/mol. The van der Waals surface area contributed by atoms with Crippen LogP contribution in [0.4, 0.5) is 5.69 Å². The lowest BCUT2D eigenvalue weighted by Gasteiger charge is -2.34. The molecule has 0 bridgehead atoms. The molecule has 3 heteroatoms. The van der Waals surface area contributed by atoms with Crippen LogP contribution in [0.5, 0.6) is 0 Å². The predicted octanol–water partition coefficient (Wildman–Crippen LogP) is 3.07. The fourth-order valence-corrected chi connectivity index (χ4v) is 2.54. The zero-order chi connectivity index (χ0) is 11.5. The van der Waals surface area contributed by atoms with Crippen LogP contribution in [-0.4, -0.2) is 18.2 Å². The van der Waals surface area contributed by atoms with Gasteiger partial charge in [-0.3, -0.25) is 0 Å². The van der Waals surface area contributed by atoms with Crippen LogP contribution < -0.4 is 4.90 Å². The summed E-state index contributed by atoms with van der Waals surface area (Å²) in [6.45, 7) is 4.48. The Morgan fingerprint density at radius 2 is 2.31 bits per heavy atom. The lowest BCUT2D eigenvalue weighted by molar-refractivity contribution is 0.281. The first kappa shape index (κ1) is 11.7. The van der Waals surface area contributed by atoms with E-state index in [9.17, 15) is 5.11 Å². The number of halogens is 1. The topological polar surface area (TPSA) is 23.5 Å². The van der Waals surface area contributed by atoms with Crippen molar-refractivity contribution in [1.29, 1.82) is 0 Å². The maximum absolute atomic E-state index is 9.34. The second-order valence-corrected chi connectivity index (χ2v) is 5.06. The second kappa shape index (κ2) is 5.07. The van der Waals surface area contributed by atoms with E-state index in [0.29, 0.717) is 0 Å². The van der Waals surface area contributed by atoms with Gasteiger partial charge in [-0.1, -0.05) is 24.6 Å². The van der Waals surface area contributed by atoms with Gasteiger partial charge in [-0.2, -0.15) is 0 Å². The van der Waals surface area contributed by atoms with Crippen molar-refractivity contribution >= 4 is 17.3 Å². The van der Waals surface area contributed by atoms with Crippen molar-refractivity contribution in [3.05, 3.63) is 28.8 Å². The predicted molar refractivity (Wildman–Crippen MR) is 68.0 cm³/mol. The van der Waals surface area contributed by atoms with Gasteiger partial charge >= 0.3 is 0 Å². The molecule has 1 fully saturated rings. The molecule has 0 radical (unpaired) electrons. The van der Waals surface area contributed by atoms with Gasteiger partial charge in [0.2, 0.25) is 0 Å². The number of aliphatic hydroxyl groups is 1. The highest BCUT2D eigenvalue weighted by atomic mass is 35.5. The molecule has 1 heterocycles. The van der Waals surface area contributed by atoms with E-state index in [-0.39, 0.29) is 6.61 Å². The Kier molecular flexibility index (Phi) is 3.72. The Bertz CT molecular complexity index is 367. The van der Waals surface area contributed by atoms with Crippen molar-refractivity contribution in [3.63, 3.8) is 0 Å². The van der Waals surface area contributed by atoms with E-state index >= 15 is 0 Å². The third-order valence-corrected chi connectivity index (χ3v) is 3.45. The van der Waals surface area contributed by atoms with Crippen molar-refractivity contribution in [2.24, 2.45) is 5.92 Å². The molecule has 1 aliphatic rings. The summed E-state index contributed by atoms with van der Waals surface area (Å²) in [7, 11) is 0. The molecule has 1 aliphatic heterocycles. The molecule has 0 spiro atoms. The first-order valence-electron chi connectivity index (χ1n) is 5.85. The summed E-state index contributed by atoms with van der Waals surface area (Å²) in [6, 6.07) is 5.71. The van der Waals surface area contributed by atoms with Crippen LogP contribution in [0.3, 0.4) is 0 Å². The SMILES string of the molecule is CC1CCCN(c2cc(Cl)ccc2CO)C1. The average Bonchev–Trinajstić information content (AvgIpc) is 2.29. The highest BCUT2D eigenvalue weighted by Gasteiger charge is 2.18. The number of rotatable bonds is 2. The third-order valence-electron chi connectivity index (χ3n) is 3.22. The minimum absolute atomic E-state index is 0.0807. The largest absolute Gasteiger partial charge is 0.392 e. The van der Waals surface area contributed by atoms with Gasteiger partial charge in [0.05, 0.1) is 6.61 Å². The molecule has 0 amide bonds. The van der Waals surface area contributed by atoms with Crippen LogP contribution in [0, 0.1) is 5.92 Å². The van der Waals surface area contributed by atoms with E-state index in [1.54, 1.807) is 0 Å². The Labute approximate surface area is 102 Å². The highest BCUT2D eigenvalue weighted by Crippen LogP contribution is 2.28. The van der Waals surface area contributed by atoms with Gasteiger partial charge in [0.15, 0.2) is 0 Å². The standard InChI is InChI=1S/C13H18ClNO/c1-10-3-2-6-15(8-10)13-7-12(14)5-4-11(13)9-16/h4-5,7,10,16H,2-3,6,8-9H2,1H3. The van der Waals surface area contributed by atoms with E-state index in [1.165, 1.54) is 12.8 Å². The molecule has 16 heavy (non-hydrogen) atoms. The van der Waals surface area contributed by atoms with Gasteiger partial charge in [0.25, 0.3) is 0 Å². The lowest BCUT2D eigenvalue weighted by Crippen LogP contribution is -2.34.